The molecule has 102 valence electrons. The first-order valence-electron chi connectivity index (χ1n) is 6.37. The fourth-order valence-electron chi connectivity index (χ4n) is 2.51. The van der Waals surface area contributed by atoms with E-state index in [4.69, 9.17) is 10.8 Å². The second-order valence-electron chi connectivity index (χ2n) is 4.87. The van der Waals surface area contributed by atoms with Crippen molar-refractivity contribution in [2.24, 2.45) is 11.7 Å². The van der Waals surface area contributed by atoms with Gasteiger partial charge in [0, 0.05) is 24.7 Å². The summed E-state index contributed by atoms with van der Waals surface area (Å²) in [4.78, 5) is 25.0. The van der Waals surface area contributed by atoms with Crippen molar-refractivity contribution in [2.45, 2.75) is 25.9 Å². The van der Waals surface area contributed by atoms with Gasteiger partial charge in [0.2, 0.25) is 0 Å². The van der Waals surface area contributed by atoms with E-state index in [9.17, 15) is 9.59 Å². The lowest BCUT2D eigenvalue weighted by atomic mass is 10.0. The van der Waals surface area contributed by atoms with Gasteiger partial charge in [0.15, 0.2) is 0 Å². The number of nitrogens with zero attached hydrogens (tertiary/aromatic N) is 1. The van der Waals surface area contributed by atoms with E-state index in [1.54, 1.807) is 24.0 Å². The van der Waals surface area contributed by atoms with Crippen molar-refractivity contribution in [3.8, 4) is 0 Å². The number of nitrogens with two attached hydrogens (primary N) is 1. The number of likely N-dealkylation sites (tertiary alicyclic amines) is 1. The SMILES string of the molecule is CC1C(C(=O)O)CCN1C(=O)c1ccc(CN)cc1. The van der Waals surface area contributed by atoms with Gasteiger partial charge < -0.3 is 15.7 Å². The van der Waals surface area contributed by atoms with Crippen LogP contribution >= 0.6 is 0 Å². The van der Waals surface area contributed by atoms with Crippen LogP contribution in [0.3, 0.4) is 0 Å². The van der Waals surface area contributed by atoms with Crippen LogP contribution in [0.25, 0.3) is 0 Å². The molecule has 1 fully saturated rings. The number of aliphatic carboxylic acids is 1. The zero-order valence-electron chi connectivity index (χ0n) is 10.9. The monoisotopic (exact) mass is 262 g/mol. The summed E-state index contributed by atoms with van der Waals surface area (Å²) >= 11 is 0. The maximum Gasteiger partial charge on any atom is 0.308 e. The normalized spacial score (nSPS) is 22.5. The molecule has 1 amide bonds. The fourth-order valence-corrected chi connectivity index (χ4v) is 2.51. The molecule has 0 bridgehead atoms. The third kappa shape index (κ3) is 2.61. The fraction of sp³-hybridized carbons (Fsp3) is 0.429. The third-order valence-corrected chi connectivity index (χ3v) is 3.77. The number of amides is 1. The van der Waals surface area contributed by atoms with E-state index in [-0.39, 0.29) is 11.9 Å². The van der Waals surface area contributed by atoms with Gasteiger partial charge >= 0.3 is 5.97 Å². The molecule has 1 aliphatic heterocycles. The molecule has 0 aliphatic carbocycles. The minimum atomic E-state index is -0.832. The summed E-state index contributed by atoms with van der Waals surface area (Å²) in [6.07, 6.45) is 0.517. The predicted octanol–water partition coefficient (Wildman–Crippen LogP) is 1.08. The van der Waals surface area contributed by atoms with Crippen molar-refractivity contribution in [1.82, 2.24) is 4.90 Å². The van der Waals surface area contributed by atoms with Crippen LogP contribution < -0.4 is 5.73 Å². The van der Waals surface area contributed by atoms with E-state index in [1.165, 1.54) is 0 Å². The lowest BCUT2D eigenvalue weighted by Crippen LogP contribution is -2.37. The highest BCUT2D eigenvalue weighted by Gasteiger charge is 2.38. The Balaban J connectivity index is 2.13. The number of carbonyl (C=O) groups excluding carboxylic acids is 1. The van der Waals surface area contributed by atoms with Crippen molar-refractivity contribution in [3.63, 3.8) is 0 Å². The average Bonchev–Trinajstić information content (AvgIpc) is 2.80. The molecule has 1 heterocycles. The van der Waals surface area contributed by atoms with E-state index in [1.807, 2.05) is 12.1 Å². The largest absolute Gasteiger partial charge is 0.481 e. The van der Waals surface area contributed by atoms with Crippen molar-refractivity contribution in [2.75, 3.05) is 6.54 Å². The Morgan fingerprint density at radius 3 is 2.47 bits per heavy atom. The van der Waals surface area contributed by atoms with E-state index in [0.29, 0.717) is 25.1 Å². The summed E-state index contributed by atoms with van der Waals surface area (Å²) in [6, 6.07) is 6.86. The molecule has 0 spiro atoms. The van der Waals surface area contributed by atoms with E-state index in [0.717, 1.165) is 5.56 Å². The van der Waals surface area contributed by atoms with Crippen LogP contribution in [-0.4, -0.2) is 34.5 Å². The van der Waals surface area contributed by atoms with Gasteiger partial charge in [-0.25, -0.2) is 0 Å². The Morgan fingerprint density at radius 2 is 2.00 bits per heavy atom. The Bertz CT molecular complexity index is 484. The summed E-state index contributed by atoms with van der Waals surface area (Å²) in [7, 11) is 0. The zero-order chi connectivity index (χ0) is 14.0. The van der Waals surface area contributed by atoms with Gasteiger partial charge in [-0.2, -0.15) is 0 Å². The van der Waals surface area contributed by atoms with Gasteiger partial charge in [-0.15, -0.1) is 0 Å². The second kappa shape index (κ2) is 5.40. The van der Waals surface area contributed by atoms with Crippen LogP contribution in [0.2, 0.25) is 0 Å². The highest BCUT2D eigenvalue weighted by molar-refractivity contribution is 5.95. The van der Waals surface area contributed by atoms with E-state index < -0.39 is 11.9 Å². The molecule has 0 saturated carbocycles. The van der Waals surface area contributed by atoms with E-state index in [2.05, 4.69) is 0 Å². The molecule has 5 heteroatoms. The standard InChI is InChI=1S/C14H18N2O3/c1-9-12(14(18)19)6-7-16(9)13(17)11-4-2-10(8-15)3-5-11/h2-5,9,12H,6-8,15H2,1H3,(H,18,19). The van der Waals surface area contributed by atoms with Gasteiger partial charge in [0.1, 0.15) is 0 Å². The topological polar surface area (TPSA) is 83.6 Å². The molecule has 2 atom stereocenters. The highest BCUT2D eigenvalue weighted by atomic mass is 16.4. The van der Waals surface area contributed by atoms with Gasteiger partial charge in [0.05, 0.1) is 5.92 Å². The lowest BCUT2D eigenvalue weighted by Gasteiger charge is -2.23. The molecule has 0 aromatic heterocycles. The van der Waals surface area contributed by atoms with Gasteiger partial charge in [-0.05, 0) is 31.0 Å². The number of carboxylic acid groups (broad SMARTS) is 1. The second-order valence-corrected chi connectivity index (χ2v) is 4.87. The molecule has 1 saturated heterocycles. The summed E-state index contributed by atoms with van der Waals surface area (Å²) < 4.78 is 0. The summed E-state index contributed by atoms with van der Waals surface area (Å²) in [5, 5.41) is 9.07. The molecule has 1 aliphatic rings. The average molecular weight is 262 g/mol. The zero-order valence-corrected chi connectivity index (χ0v) is 10.9. The Morgan fingerprint density at radius 1 is 1.37 bits per heavy atom. The van der Waals surface area contributed by atoms with Crippen LogP contribution in [0.4, 0.5) is 0 Å². The highest BCUT2D eigenvalue weighted by Crippen LogP contribution is 2.26. The third-order valence-electron chi connectivity index (χ3n) is 3.77. The minimum absolute atomic E-state index is 0.111. The van der Waals surface area contributed by atoms with E-state index >= 15 is 0 Å². The molecular weight excluding hydrogens is 244 g/mol. The van der Waals surface area contributed by atoms with Crippen LogP contribution in [-0.2, 0) is 11.3 Å². The first-order valence-corrected chi connectivity index (χ1v) is 6.37. The number of carboxylic acids is 1. The Labute approximate surface area is 112 Å². The number of benzene rings is 1. The molecule has 3 N–H and O–H groups in total. The maximum absolute atomic E-state index is 12.3. The van der Waals surface area contributed by atoms with Gasteiger partial charge in [-0.1, -0.05) is 12.1 Å². The Hall–Kier alpha value is -1.88. The lowest BCUT2D eigenvalue weighted by molar-refractivity contribution is -0.142. The number of carbonyl (C=O) groups is 2. The quantitative estimate of drug-likeness (QED) is 0.853. The van der Waals surface area contributed by atoms with Crippen LogP contribution in [0, 0.1) is 5.92 Å². The molecule has 0 radical (unpaired) electrons. The maximum atomic E-state index is 12.3. The van der Waals surface area contributed by atoms with Crippen molar-refractivity contribution >= 4 is 11.9 Å². The van der Waals surface area contributed by atoms with Gasteiger partial charge in [0.25, 0.3) is 5.91 Å². The summed E-state index contributed by atoms with van der Waals surface area (Å²) in [5.41, 5.74) is 7.06. The first kappa shape index (κ1) is 13.5. The number of rotatable bonds is 3. The van der Waals surface area contributed by atoms with Crippen molar-refractivity contribution in [1.29, 1.82) is 0 Å². The molecular formula is C14H18N2O3. The Kier molecular flexibility index (Phi) is 3.85. The number of hydrogen-bond donors (Lipinski definition) is 2. The summed E-state index contributed by atoms with van der Waals surface area (Å²) in [6.45, 7) is 2.73. The smallest absolute Gasteiger partial charge is 0.308 e. The molecule has 5 nitrogen and oxygen atoms in total. The number of hydrogen-bond acceptors (Lipinski definition) is 3. The van der Waals surface area contributed by atoms with Crippen LogP contribution in [0.5, 0.6) is 0 Å². The predicted molar refractivity (Wildman–Crippen MR) is 70.6 cm³/mol. The first-order chi connectivity index (χ1) is 9.04. The molecule has 1 aromatic carbocycles. The van der Waals surface area contributed by atoms with Crippen molar-refractivity contribution in [3.05, 3.63) is 35.4 Å². The molecule has 2 unspecified atom stereocenters. The van der Waals surface area contributed by atoms with Gasteiger partial charge in [-0.3, -0.25) is 9.59 Å². The van der Waals surface area contributed by atoms with Crippen LogP contribution in [0.1, 0.15) is 29.3 Å². The molecule has 2 rings (SSSR count). The molecule has 1 aromatic rings. The minimum Gasteiger partial charge on any atom is -0.481 e. The van der Waals surface area contributed by atoms with Crippen molar-refractivity contribution < 1.29 is 14.7 Å². The van der Waals surface area contributed by atoms with Crippen LogP contribution in [0.15, 0.2) is 24.3 Å². The summed E-state index contributed by atoms with van der Waals surface area (Å²) in [5.74, 6) is -1.41. The molecule has 19 heavy (non-hydrogen) atoms.